The molecule has 14 heavy (non-hydrogen) atoms. The minimum Gasteiger partial charge on any atom is -0.469 e. The third-order valence-corrected chi connectivity index (χ3v) is 3.90. The molecule has 0 aliphatic heterocycles. The van der Waals surface area contributed by atoms with E-state index in [1.807, 2.05) is 6.92 Å². The van der Waals surface area contributed by atoms with Gasteiger partial charge in [-0.3, -0.25) is 9.59 Å². The molecule has 0 aromatic heterocycles. The van der Waals surface area contributed by atoms with Crippen LogP contribution in [0.15, 0.2) is 0 Å². The molecule has 0 radical (unpaired) electrons. The molecule has 2 fully saturated rings. The highest BCUT2D eigenvalue weighted by molar-refractivity contribution is 5.95. The van der Waals surface area contributed by atoms with Crippen LogP contribution in [-0.2, 0) is 14.3 Å². The highest BCUT2D eigenvalue weighted by Gasteiger charge is 2.58. The molecule has 2 aliphatic rings. The quantitative estimate of drug-likeness (QED) is 0.599. The van der Waals surface area contributed by atoms with E-state index in [1.54, 1.807) is 0 Å². The average molecular weight is 196 g/mol. The van der Waals surface area contributed by atoms with Crippen molar-refractivity contribution in [3.8, 4) is 0 Å². The van der Waals surface area contributed by atoms with Crippen LogP contribution in [0.2, 0.25) is 0 Å². The van der Waals surface area contributed by atoms with Crippen LogP contribution in [0.3, 0.4) is 0 Å². The van der Waals surface area contributed by atoms with Gasteiger partial charge in [0.2, 0.25) is 0 Å². The number of methoxy groups -OCH3 is 1. The van der Waals surface area contributed by atoms with Crippen LogP contribution in [-0.4, -0.2) is 18.9 Å². The molecule has 0 amide bonds. The second-order valence-corrected chi connectivity index (χ2v) is 4.96. The van der Waals surface area contributed by atoms with Crippen molar-refractivity contribution < 1.29 is 14.3 Å². The molecule has 78 valence electrons. The van der Waals surface area contributed by atoms with Crippen molar-refractivity contribution in [2.75, 3.05) is 7.11 Å². The first-order valence-corrected chi connectivity index (χ1v) is 5.14. The maximum absolute atomic E-state index is 11.8. The number of hydrogen-bond acceptors (Lipinski definition) is 3. The van der Waals surface area contributed by atoms with Gasteiger partial charge >= 0.3 is 5.97 Å². The average Bonchev–Trinajstić information content (AvgIpc) is 2.33. The van der Waals surface area contributed by atoms with E-state index in [0.29, 0.717) is 12.8 Å². The number of hydrogen-bond donors (Lipinski definition) is 0. The van der Waals surface area contributed by atoms with Gasteiger partial charge in [-0.05, 0) is 19.3 Å². The summed E-state index contributed by atoms with van der Waals surface area (Å²) >= 11 is 0. The zero-order chi connectivity index (χ0) is 10.4. The fraction of sp³-hybridized carbons (Fsp3) is 0.818. The van der Waals surface area contributed by atoms with E-state index in [9.17, 15) is 9.59 Å². The van der Waals surface area contributed by atoms with E-state index in [0.717, 1.165) is 19.3 Å². The lowest BCUT2D eigenvalue weighted by molar-refractivity contribution is -0.154. The number of rotatable bonds is 1. The maximum Gasteiger partial charge on any atom is 0.312 e. The number of esters is 1. The van der Waals surface area contributed by atoms with E-state index >= 15 is 0 Å². The van der Waals surface area contributed by atoms with Crippen molar-refractivity contribution >= 4 is 11.8 Å². The number of fused-ring (bicyclic) bond motifs is 2. The van der Waals surface area contributed by atoms with Gasteiger partial charge < -0.3 is 4.74 Å². The molecular formula is C11H16O3. The van der Waals surface area contributed by atoms with Crippen LogP contribution in [0.1, 0.15) is 39.0 Å². The second kappa shape index (κ2) is 2.81. The summed E-state index contributed by atoms with van der Waals surface area (Å²) in [5.41, 5.74) is -0.717. The molecule has 3 heteroatoms. The topological polar surface area (TPSA) is 43.4 Å². The van der Waals surface area contributed by atoms with Crippen LogP contribution >= 0.6 is 0 Å². The van der Waals surface area contributed by atoms with Crippen molar-refractivity contribution in [1.82, 2.24) is 0 Å². The number of Topliss-reactive ketones (excluding diaryl/α,β-unsaturated/α-hetero) is 1. The molecule has 0 heterocycles. The molecule has 0 aromatic carbocycles. The summed E-state index contributed by atoms with van der Waals surface area (Å²) in [5.74, 6) is 0.0645. The van der Waals surface area contributed by atoms with Crippen LogP contribution in [0.25, 0.3) is 0 Å². The van der Waals surface area contributed by atoms with Gasteiger partial charge in [-0.15, -0.1) is 0 Å². The lowest BCUT2D eigenvalue weighted by atomic mass is 9.70. The van der Waals surface area contributed by atoms with Crippen LogP contribution in [0.5, 0.6) is 0 Å². The zero-order valence-corrected chi connectivity index (χ0v) is 8.76. The third-order valence-electron chi connectivity index (χ3n) is 3.90. The van der Waals surface area contributed by atoms with E-state index in [-0.39, 0.29) is 17.2 Å². The minimum absolute atomic E-state index is 0.186. The Kier molecular flexibility index (Phi) is 1.95. The predicted octanol–water partition coefficient (Wildman–Crippen LogP) is 1.70. The smallest absolute Gasteiger partial charge is 0.312 e. The van der Waals surface area contributed by atoms with Crippen molar-refractivity contribution in [1.29, 1.82) is 0 Å². The largest absolute Gasteiger partial charge is 0.469 e. The number of ether oxygens (including phenoxy) is 1. The highest BCUT2D eigenvalue weighted by atomic mass is 16.5. The SMILES string of the molecule is COC(=O)[C@]12CCC[C@](C)(C1)C(=O)C2. The standard InChI is InChI=1S/C11H16O3/c1-10-4-3-5-11(7-10,6-8(10)12)9(13)14-2/h3-7H2,1-2H3/t10-,11+/m1/s1. The molecule has 2 atom stereocenters. The Morgan fingerprint density at radius 3 is 2.79 bits per heavy atom. The summed E-state index contributed by atoms with van der Waals surface area (Å²) in [6.45, 7) is 1.99. The summed E-state index contributed by atoms with van der Waals surface area (Å²) in [6, 6.07) is 0. The van der Waals surface area contributed by atoms with Gasteiger partial charge in [-0.25, -0.2) is 0 Å². The summed E-state index contributed by atoms with van der Waals surface area (Å²) in [5, 5.41) is 0. The highest BCUT2D eigenvalue weighted by Crippen LogP contribution is 2.56. The Morgan fingerprint density at radius 2 is 2.14 bits per heavy atom. The first-order chi connectivity index (χ1) is 6.52. The zero-order valence-electron chi connectivity index (χ0n) is 8.76. The molecule has 0 N–H and O–H groups in total. The first-order valence-electron chi connectivity index (χ1n) is 5.14. The van der Waals surface area contributed by atoms with Gasteiger partial charge in [0.1, 0.15) is 5.78 Å². The van der Waals surface area contributed by atoms with Crippen LogP contribution in [0.4, 0.5) is 0 Å². The van der Waals surface area contributed by atoms with Crippen LogP contribution in [0, 0.1) is 10.8 Å². The Balaban J connectivity index is 2.32. The molecule has 0 spiro atoms. The van der Waals surface area contributed by atoms with Crippen molar-refractivity contribution in [2.45, 2.75) is 39.0 Å². The van der Waals surface area contributed by atoms with Gasteiger partial charge in [0.15, 0.2) is 0 Å². The lowest BCUT2D eigenvalue weighted by Crippen LogP contribution is -2.34. The number of carbonyl (C=O) groups is 2. The van der Waals surface area contributed by atoms with Gasteiger partial charge in [-0.1, -0.05) is 13.3 Å². The van der Waals surface area contributed by atoms with Gasteiger partial charge in [0.05, 0.1) is 12.5 Å². The Bertz CT molecular complexity index is 297. The Hall–Kier alpha value is -0.860. The van der Waals surface area contributed by atoms with E-state index < -0.39 is 5.41 Å². The monoisotopic (exact) mass is 196 g/mol. The van der Waals surface area contributed by atoms with Crippen LogP contribution < -0.4 is 0 Å². The number of carbonyl (C=O) groups excluding carboxylic acids is 2. The van der Waals surface area contributed by atoms with Gasteiger partial charge in [-0.2, -0.15) is 0 Å². The Morgan fingerprint density at radius 1 is 1.43 bits per heavy atom. The van der Waals surface area contributed by atoms with E-state index in [2.05, 4.69) is 0 Å². The molecule has 3 nitrogen and oxygen atoms in total. The summed E-state index contributed by atoms with van der Waals surface area (Å²) in [4.78, 5) is 23.5. The molecule has 2 aliphatic carbocycles. The minimum atomic E-state index is -0.473. The molecule has 2 rings (SSSR count). The molecular weight excluding hydrogens is 180 g/mol. The summed E-state index contributed by atoms with van der Waals surface area (Å²) in [6.07, 6.45) is 3.82. The summed E-state index contributed by atoms with van der Waals surface area (Å²) < 4.78 is 4.81. The fourth-order valence-corrected chi connectivity index (χ4v) is 3.11. The molecule has 0 aromatic rings. The molecule has 2 saturated carbocycles. The molecule has 2 bridgehead atoms. The second-order valence-electron chi connectivity index (χ2n) is 4.96. The van der Waals surface area contributed by atoms with E-state index in [1.165, 1.54) is 7.11 Å². The van der Waals surface area contributed by atoms with E-state index in [4.69, 9.17) is 4.74 Å². The van der Waals surface area contributed by atoms with Crippen molar-refractivity contribution in [3.63, 3.8) is 0 Å². The summed E-state index contributed by atoms with van der Waals surface area (Å²) in [7, 11) is 1.41. The number of ketones is 1. The van der Waals surface area contributed by atoms with Gasteiger partial charge in [0.25, 0.3) is 0 Å². The fourth-order valence-electron chi connectivity index (χ4n) is 3.11. The van der Waals surface area contributed by atoms with Crippen molar-refractivity contribution in [2.24, 2.45) is 10.8 Å². The lowest BCUT2D eigenvalue weighted by Gasteiger charge is -2.33. The normalized spacial score (nSPS) is 41.1. The van der Waals surface area contributed by atoms with Crippen molar-refractivity contribution in [3.05, 3.63) is 0 Å². The van der Waals surface area contributed by atoms with Gasteiger partial charge in [0, 0.05) is 11.8 Å². The predicted molar refractivity (Wildman–Crippen MR) is 50.6 cm³/mol. The third kappa shape index (κ3) is 1.11. The molecule has 0 unspecified atom stereocenters. The maximum atomic E-state index is 11.8. The first kappa shape index (κ1) is 9.69. The molecule has 0 saturated heterocycles. The Labute approximate surface area is 83.8 Å².